The zero-order valence-corrected chi connectivity index (χ0v) is 8.77. The molecule has 1 atom stereocenters. The van der Waals surface area contributed by atoms with Gasteiger partial charge in [0.1, 0.15) is 0 Å². The van der Waals surface area contributed by atoms with E-state index < -0.39 is 16.2 Å². The van der Waals surface area contributed by atoms with E-state index in [2.05, 4.69) is 4.98 Å². The van der Waals surface area contributed by atoms with Crippen molar-refractivity contribution in [3.8, 4) is 0 Å². The van der Waals surface area contributed by atoms with Crippen LogP contribution in [0.5, 0.6) is 0 Å². The Morgan fingerprint density at radius 3 is 2.14 bits per heavy atom. The minimum atomic E-state index is -3.67. The summed E-state index contributed by atoms with van der Waals surface area (Å²) in [6, 6.07) is 5.48. The van der Waals surface area contributed by atoms with Crippen LogP contribution >= 0.6 is 0 Å². The van der Waals surface area contributed by atoms with Crippen molar-refractivity contribution in [2.75, 3.05) is 6.26 Å². The van der Waals surface area contributed by atoms with E-state index in [0.717, 1.165) is 5.69 Å². The lowest BCUT2D eigenvalue weighted by Gasteiger charge is -1.99. The summed E-state index contributed by atoms with van der Waals surface area (Å²) < 4.78 is 25.9. The normalized spacial score (nSPS) is 12.6. The highest BCUT2D eigenvalue weighted by atomic mass is 32.2. The number of aliphatic hydroxyl groups is 1. The second-order valence-corrected chi connectivity index (χ2v) is 4.13. The van der Waals surface area contributed by atoms with Crippen LogP contribution in [0.3, 0.4) is 0 Å². The fourth-order valence-electron chi connectivity index (χ4n) is 0.623. The number of hydrogen-bond acceptors (Lipinski definition) is 4. The van der Waals surface area contributed by atoms with Gasteiger partial charge in [-0.25, -0.2) is 0 Å². The molecule has 0 aliphatic heterocycles. The van der Waals surface area contributed by atoms with Gasteiger partial charge in [-0.15, -0.1) is 0 Å². The van der Waals surface area contributed by atoms with E-state index in [0.29, 0.717) is 6.26 Å². The molecule has 0 spiro atoms. The Morgan fingerprint density at radius 1 is 1.43 bits per heavy atom. The maximum atomic E-state index is 9.19. The zero-order chi connectivity index (χ0) is 11.2. The SMILES string of the molecule is CS(=O)(=O)O.C[C@@H](O)c1ccccn1. The summed E-state index contributed by atoms with van der Waals surface area (Å²) in [5, 5.41) is 8.96. The molecule has 1 rings (SSSR count). The molecule has 14 heavy (non-hydrogen) atoms. The summed E-state index contributed by atoms with van der Waals surface area (Å²) in [5.41, 5.74) is 0.720. The van der Waals surface area contributed by atoms with E-state index in [1.165, 1.54) is 0 Å². The van der Waals surface area contributed by atoms with Crippen LogP contribution in [-0.4, -0.2) is 29.3 Å². The Labute approximate surface area is 83.2 Å². The van der Waals surface area contributed by atoms with E-state index in [9.17, 15) is 8.42 Å². The van der Waals surface area contributed by atoms with Crippen LogP contribution in [0, 0.1) is 0 Å². The van der Waals surface area contributed by atoms with E-state index in [1.807, 2.05) is 12.1 Å². The van der Waals surface area contributed by atoms with E-state index in [-0.39, 0.29) is 0 Å². The van der Waals surface area contributed by atoms with Gasteiger partial charge in [-0.1, -0.05) is 6.07 Å². The summed E-state index contributed by atoms with van der Waals surface area (Å²) in [5.74, 6) is 0. The second kappa shape index (κ2) is 5.69. The monoisotopic (exact) mass is 219 g/mol. The van der Waals surface area contributed by atoms with Gasteiger partial charge in [0.25, 0.3) is 10.1 Å². The second-order valence-electron chi connectivity index (χ2n) is 2.66. The number of pyridine rings is 1. The molecule has 0 aliphatic rings. The molecule has 0 aliphatic carbocycles. The molecule has 0 amide bonds. The topological polar surface area (TPSA) is 87.5 Å². The van der Waals surface area contributed by atoms with Gasteiger partial charge in [-0.05, 0) is 19.1 Å². The predicted octanol–water partition coefficient (Wildman–Crippen LogP) is 0.639. The van der Waals surface area contributed by atoms with Crippen LogP contribution in [0.1, 0.15) is 18.7 Å². The lowest BCUT2D eigenvalue weighted by molar-refractivity contribution is 0.194. The highest BCUT2D eigenvalue weighted by Gasteiger charge is 1.97. The highest BCUT2D eigenvalue weighted by molar-refractivity contribution is 7.85. The van der Waals surface area contributed by atoms with Crippen molar-refractivity contribution in [3.05, 3.63) is 30.1 Å². The zero-order valence-electron chi connectivity index (χ0n) is 7.95. The molecule has 2 N–H and O–H groups in total. The van der Waals surface area contributed by atoms with Crippen molar-refractivity contribution in [3.63, 3.8) is 0 Å². The molecule has 0 unspecified atom stereocenters. The van der Waals surface area contributed by atoms with Crippen molar-refractivity contribution < 1.29 is 18.1 Å². The maximum Gasteiger partial charge on any atom is 0.261 e. The fraction of sp³-hybridized carbons (Fsp3) is 0.375. The Balaban J connectivity index is 0.000000292. The van der Waals surface area contributed by atoms with Crippen molar-refractivity contribution in [2.24, 2.45) is 0 Å². The number of nitrogens with zero attached hydrogens (tertiary/aromatic N) is 1. The van der Waals surface area contributed by atoms with Crippen molar-refractivity contribution in [1.82, 2.24) is 4.98 Å². The fourth-order valence-corrected chi connectivity index (χ4v) is 0.623. The van der Waals surface area contributed by atoms with Crippen LogP contribution in [0.2, 0.25) is 0 Å². The molecule has 0 saturated heterocycles. The quantitative estimate of drug-likeness (QED) is 0.677. The van der Waals surface area contributed by atoms with Gasteiger partial charge in [0.05, 0.1) is 18.1 Å². The Kier molecular flexibility index (Phi) is 5.29. The first-order chi connectivity index (χ1) is 6.30. The van der Waals surface area contributed by atoms with E-state index in [4.69, 9.17) is 9.66 Å². The van der Waals surface area contributed by atoms with Crippen molar-refractivity contribution in [1.29, 1.82) is 0 Å². The third-order valence-electron chi connectivity index (χ3n) is 1.12. The van der Waals surface area contributed by atoms with E-state index >= 15 is 0 Å². The number of rotatable bonds is 1. The van der Waals surface area contributed by atoms with Gasteiger partial charge in [-0.3, -0.25) is 9.54 Å². The van der Waals surface area contributed by atoms with Crippen LogP contribution in [0.25, 0.3) is 0 Å². The van der Waals surface area contributed by atoms with Gasteiger partial charge < -0.3 is 5.11 Å². The van der Waals surface area contributed by atoms with Crippen molar-refractivity contribution in [2.45, 2.75) is 13.0 Å². The summed E-state index contributed by atoms with van der Waals surface area (Å²) >= 11 is 0. The summed E-state index contributed by atoms with van der Waals surface area (Å²) in [7, 11) is -3.67. The van der Waals surface area contributed by atoms with Gasteiger partial charge >= 0.3 is 0 Å². The van der Waals surface area contributed by atoms with Gasteiger partial charge in [0, 0.05) is 6.20 Å². The summed E-state index contributed by atoms with van der Waals surface area (Å²) in [4.78, 5) is 3.93. The molecule has 0 fully saturated rings. The average molecular weight is 219 g/mol. The van der Waals surface area contributed by atoms with Gasteiger partial charge in [0.15, 0.2) is 0 Å². The first-order valence-corrected chi connectivity index (χ1v) is 5.67. The van der Waals surface area contributed by atoms with E-state index in [1.54, 1.807) is 19.2 Å². The minimum absolute atomic E-state index is 0.453. The molecule has 0 aromatic carbocycles. The third-order valence-corrected chi connectivity index (χ3v) is 1.12. The molecular formula is C8H13NO4S. The predicted molar refractivity (Wildman–Crippen MR) is 52.3 cm³/mol. The Hall–Kier alpha value is -0.980. The summed E-state index contributed by atoms with van der Waals surface area (Å²) in [6.07, 6.45) is 1.93. The first-order valence-electron chi connectivity index (χ1n) is 3.82. The highest BCUT2D eigenvalue weighted by Crippen LogP contribution is 2.05. The molecule has 5 nitrogen and oxygen atoms in total. The molecule has 80 valence electrons. The largest absolute Gasteiger partial charge is 0.387 e. The number of hydrogen-bond donors (Lipinski definition) is 2. The lowest BCUT2D eigenvalue weighted by atomic mass is 10.2. The average Bonchev–Trinajstić information content (AvgIpc) is 2.03. The Morgan fingerprint density at radius 2 is 1.93 bits per heavy atom. The van der Waals surface area contributed by atoms with Crippen LogP contribution in [0.15, 0.2) is 24.4 Å². The molecular weight excluding hydrogens is 206 g/mol. The van der Waals surface area contributed by atoms with Gasteiger partial charge in [0.2, 0.25) is 0 Å². The third kappa shape index (κ3) is 9.11. The first kappa shape index (κ1) is 13.0. The van der Waals surface area contributed by atoms with Crippen molar-refractivity contribution >= 4 is 10.1 Å². The molecule has 0 bridgehead atoms. The standard InChI is InChI=1S/C7H9NO.CH4O3S/c1-6(9)7-4-2-3-5-8-7;1-5(2,3)4/h2-6,9H,1H3;1H3,(H,2,3,4)/t6-;/m1./s1. The molecule has 1 aromatic heterocycles. The minimum Gasteiger partial charge on any atom is -0.387 e. The molecule has 1 aromatic rings. The molecule has 6 heteroatoms. The van der Waals surface area contributed by atoms with Crippen LogP contribution in [-0.2, 0) is 10.1 Å². The van der Waals surface area contributed by atoms with Crippen LogP contribution in [0.4, 0.5) is 0 Å². The van der Waals surface area contributed by atoms with Crippen LogP contribution < -0.4 is 0 Å². The number of aromatic nitrogens is 1. The molecule has 0 radical (unpaired) electrons. The smallest absolute Gasteiger partial charge is 0.261 e. The molecule has 1 heterocycles. The maximum absolute atomic E-state index is 9.19. The lowest BCUT2D eigenvalue weighted by Crippen LogP contribution is -1.92. The van der Waals surface area contributed by atoms with Gasteiger partial charge in [-0.2, -0.15) is 8.42 Å². The summed E-state index contributed by atoms with van der Waals surface area (Å²) in [6.45, 7) is 1.70. The number of aliphatic hydroxyl groups excluding tert-OH is 1. The Bertz CT molecular complexity index is 339. The molecule has 0 saturated carbocycles.